The number of aryl methyl sites for hydroxylation is 1. The summed E-state index contributed by atoms with van der Waals surface area (Å²) in [5.74, 6) is -0.743. The summed E-state index contributed by atoms with van der Waals surface area (Å²) in [4.78, 5) is 29.3. The van der Waals surface area contributed by atoms with Crippen molar-refractivity contribution in [2.24, 2.45) is 0 Å². The summed E-state index contributed by atoms with van der Waals surface area (Å²) in [6.07, 6.45) is 2.11. The van der Waals surface area contributed by atoms with Gasteiger partial charge >= 0.3 is 0 Å². The van der Waals surface area contributed by atoms with Gasteiger partial charge in [0.1, 0.15) is 12.6 Å². The molecule has 0 aliphatic rings. The van der Waals surface area contributed by atoms with Gasteiger partial charge in [0.2, 0.25) is 21.8 Å². The van der Waals surface area contributed by atoms with Gasteiger partial charge in [0.15, 0.2) is 0 Å². The number of carbonyl (C=O) groups is 2. The highest BCUT2D eigenvalue weighted by molar-refractivity contribution is 9.10. The van der Waals surface area contributed by atoms with Crippen molar-refractivity contribution in [1.82, 2.24) is 10.2 Å². The van der Waals surface area contributed by atoms with Crippen molar-refractivity contribution in [3.63, 3.8) is 0 Å². The molecule has 0 saturated heterocycles. The lowest BCUT2D eigenvalue weighted by Gasteiger charge is -2.34. The molecule has 9 heteroatoms. The van der Waals surface area contributed by atoms with Crippen LogP contribution < -0.4 is 9.62 Å². The zero-order chi connectivity index (χ0) is 28.6. The second-order valence-electron chi connectivity index (χ2n) is 9.73. The molecule has 39 heavy (non-hydrogen) atoms. The van der Waals surface area contributed by atoms with Crippen molar-refractivity contribution >= 4 is 43.5 Å². The van der Waals surface area contributed by atoms with Crippen molar-refractivity contribution in [2.75, 3.05) is 17.1 Å². The number of nitrogens with one attached hydrogen (secondary N) is 1. The Hall–Kier alpha value is -3.17. The maximum Gasteiger partial charge on any atom is 0.244 e. The van der Waals surface area contributed by atoms with Gasteiger partial charge in [-0.25, -0.2) is 8.42 Å². The molecule has 0 unspecified atom stereocenters. The molecular weight excluding hydrogens is 578 g/mol. The standard InChI is InChI=1S/C30H36BrN3O4S/c1-5-23(3)32-30(36)28(19-24-12-7-6-8-13-24)33(20-25-15-17-26(31)18-16-25)29(35)21-34(39(4,37)38)27-14-10-9-11-22(27)2/h6-18,23,28H,5,19-21H2,1-4H3,(H,32,36)/t23-,28+/m1/s1. The number of carbonyl (C=O) groups excluding carboxylic acids is 2. The fraction of sp³-hybridized carbons (Fsp3) is 0.333. The number of benzene rings is 3. The van der Waals surface area contributed by atoms with E-state index >= 15 is 0 Å². The van der Waals surface area contributed by atoms with Crippen LogP contribution in [0, 0.1) is 6.92 Å². The zero-order valence-corrected chi connectivity index (χ0v) is 25.2. The van der Waals surface area contributed by atoms with Crippen LogP contribution in [-0.4, -0.2) is 50.0 Å². The zero-order valence-electron chi connectivity index (χ0n) is 22.8. The van der Waals surface area contributed by atoms with Crippen molar-refractivity contribution < 1.29 is 18.0 Å². The Kier molecular flexibility index (Phi) is 10.7. The number of hydrogen-bond donors (Lipinski definition) is 1. The number of para-hydroxylation sites is 1. The lowest BCUT2D eigenvalue weighted by atomic mass is 10.0. The fourth-order valence-electron chi connectivity index (χ4n) is 4.22. The first kappa shape index (κ1) is 30.4. The van der Waals surface area contributed by atoms with E-state index in [1.54, 1.807) is 25.1 Å². The minimum Gasteiger partial charge on any atom is -0.352 e. The average molecular weight is 615 g/mol. The lowest BCUT2D eigenvalue weighted by Crippen LogP contribution is -2.54. The van der Waals surface area contributed by atoms with E-state index in [-0.39, 0.29) is 24.9 Å². The molecule has 0 bridgehead atoms. The van der Waals surface area contributed by atoms with E-state index in [2.05, 4.69) is 21.2 Å². The third kappa shape index (κ3) is 8.66. The molecule has 1 N–H and O–H groups in total. The van der Waals surface area contributed by atoms with Gasteiger partial charge in [0.05, 0.1) is 11.9 Å². The summed E-state index contributed by atoms with van der Waals surface area (Å²) in [5.41, 5.74) is 2.88. The van der Waals surface area contributed by atoms with Gasteiger partial charge in [-0.2, -0.15) is 0 Å². The predicted molar refractivity (Wildman–Crippen MR) is 160 cm³/mol. The molecule has 0 aromatic heterocycles. The van der Waals surface area contributed by atoms with Crippen molar-refractivity contribution in [3.05, 3.63) is 100 Å². The third-order valence-electron chi connectivity index (χ3n) is 6.60. The molecular formula is C30H36BrN3O4S. The Morgan fingerprint density at radius 1 is 0.923 bits per heavy atom. The highest BCUT2D eigenvalue weighted by Gasteiger charge is 2.33. The predicted octanol–water partition coefficient (Wildman–Crippen LogP) is 5.08. The van der Waals surface area contributed by atoms with E-state index in [4.69, 9.17) is 0 Å². The number of hydrogen-bond acceptors (Lipinski definition) is 4. The molecule has 0 saturated carbocycles. The number of sulfonamides is 1. The molecule has 3 aromatic rings. The molecule has 7 nitrogen and oxygen atoms in total. The van der Waals surface area contributed by atoms with Gasteiger partial charge in [0.25, 0.3) is 0 Å². The molecule has 2 amide bonds. The maximum atomic E-state index is 14.1. The molecule has 0 radical (unpaired) electrons. The van der Waals surface area contributed by atoms with E-state index < -0.39 is 28.5 Å². The van der Waals surface area contributed by atoms with Crippen LogP contribution in [0.15, 0.2) is 83.3 Å². The van der Waals surface area contributed by atoms with Gasteiger partial charge in [-0.05, 0) is 55.2 Å². The molecule has 208 valence electrons. The topological polar surface area (TPSA) is 86.8 Å². The summed E-state index contributed by atoms with van der Waals surface area (Å²) in [5, 5.41) is 3.03. The number of amides is 2. The quantitative estimate of drug-likeness (QED) is 0.309. The van der Waals surface area contributed by atoms with E-state index in [1.165, 1.54) is 4.90 Å². The van der Waals surface area contributed by atoms with Gasteiger partial charge in [0, 0.05) is 23.5 Å². The SMILES string of the molecule is CC[C@@H](C)NC(=O)[C@H](Cc1ccccc1)N(Cc1ccc(Br)cc1)C(=O)CN(c1ccccc1C)S(C)(=O)=O. The van der Waals surface area contributed by atoms with Crippen LogP contribution in [0.4, 0.5) is 5.69 Å². The second-order valence-corrected chi connectivity index (χ2v) is 12.6. The monoisotopic (exact) mass is 613 g/mol. The van der Waals surface area contributed by atoms with Crippen molar-refractivity contribution in [2.45, 2.75) is 52.2 Å². The largest absolute Gasteiger partial charge is 0.352 e. The second kappa shape index (κ2) is 13.8. The Morgan fingerprint density at radius 3 is 2.13 bits per heavy atom. The number of anilines is 1. The third-order valence-corrected chi connectivity index (χ3v) is 8.26. The fourth-order valence-corrected chi connectivity index (χ4v) is 5.39. The average Bonchev–Trinajstić information content (AvgIpc) is 2.90. The van der Waals surface area contributed by atoms with Crippen LogP contribution in [0.2, 0.25) is 0 Å². The van der Waals surface area contributed by atoms with Crippen LogP contribution in [0.1, 0.15) is 37.0 Å². The summed E-state index contributed by atoms with van der Waals surface area (Å²) in [7, 11) is -3.80. The van der Waals surface area contributed by atoms with Gasteiger partial charge < -0.3 is 10.2 Å². The highest BCUT2D eigenvalue weighted by atomic mass is 79.9. The lowest BCUT2D eigenvalue weighted by molar-refractivity contribution is -0.140. The summed E-state index contributed by atoms with van der Waals surface area (Å²) < 4.78 is 27.8. The van der Waals surface area contributed by atoms with Gasteiger partial charge in [-0.3, -0.25) is 13.9 Å². The Labute approximate surface area is 240 Å². The first-order valence-corrected chi connectivity index (χ1v) is 15.5. The maximum absolute atomic E-state index is 14.1. The first-order chi connectivity index (χ1) is 18.5. The van der Waals surface area contributed by atoms with E-state index in [9.17, 15) is 18.0 Å². The summed E-state index contributed by atoms with van der Waals surface area (Å²) in [6, 6.07) is 23.1. The normalized spacial score (nSPS) is 12.8. The van der Waals surface area contributed by atoms with Crippen molar-refractivity contribution in [3.8, 4) is 0 Å². The Morgan fingerprint density at radius 2 is 1.54 bits per heavy atom. The minimum atomic E-state index is -3.80. The molecule has 0 aliphatic heterocycles. The number of nitrogens with zero attached hydrogens (tertiary/aromatic N) is 2. The van der Waals surface area contributed by atoms with Crippen LogP contribution in [0.25, 0.3) is 0 Å². The minimum absolute atomic E-state index is 0.0834. The molecule has 0 heterocycles. The van der Waals surface area contributed by atoms with Gasteiger partial charge in [-0.1, -0.05) is 83.5 Å². The van der Waals surface area contributed by atoms with Crippen LogP contribution in [0.3, 0.4) is 0 Å². The first-order valence-electron chi connectivity index (χ1n) is 12.9. The Balaban J connectivity index is 2.06. The number of rotatable bonds is 12. The van der Waals surface area contributed by atoms with Crippen LogP contribution in [0.5, 0.6) is 0 Å². The summed E-state index contributed by atoms with van der Waals surface area (Å²) in [6.45, 7) is 5.41. The van der Waals surface area contributed by atoms with Crippen molar-refractivity contribution in [1.29, 1.82) is 0 Å². The van der Waals surface area contributed by atoms with E-state index in [0.29, 0.717) is 5.69 Å². The highest BCUT2D eigenvalue weighted by Crippen LogP contribution is 2.24. The molecule has 0 aliphatic carbocycles. The molecule has 3 rings (SSSR count). The van der Waals surface area contributed by atoms with Gasteiger partial charge in [-0.15, -0.1) is 0 Å². The molecule has 2 atom stereocenters. The van der Waals surface area contributed by atoms with Crippen LogP contribution >= 0.6 is 15.9 Å². The number of halogens is 1. The molecule has 0 spiro atoms. The molecule has 0 fully saturated rings. The Bertz CT molecular complexity index is 1360. The van der Waals surface area contributed by atoms with E-state index in [0.717, 1.165) is 38.1 Å². The van der Waals surface area contributed by atoms with E-state index in [1.807, 2.05) is 74.5 Å². The molecule has 3 aromatic carbocycles. The van der Waals surface area contributed by atoms with Crippen LogP contribution in [-0.2, 0) is 32.6 Å². The summed E-state index contributed by atoms with van der Waals surface area (Å²) >= 11 is 3.44. The smallest absolute Gasteiger partial charge is 0.244 e.